The average Bonchev–Trinajstić information content (AvgIpc) is 2.92. The monoisotopic (exact) mass is 307 g/mol. The highest BCUT2D eigenvalue weighted by molar-refractivity contribution is 5.81. The van der Waals surface area contributed by atoms with Crippen LogP contribution >= 0.6 is 0 Å². The SMILES string of the molecule is Cn1c(CN2CCOC(c3cccnc3)C2)cc2ccccc21. The minimum Gasteiger partial charge on any atom is -0.371 e. The molecular formula is C19H21N3O. The topological polar surface area (TPSA) is 30.3 Å². The van der Waals surface area contributed by atoms with Gasteiger partial charge in [-0.25, -0.2) is 0 Å². The van der Waals surface area contributed by atoms with Gasteiger partial charge in [-0.1, -0.05) is 24.3 Å². The summed E-state index contributed by atoms with van der Waals surface area (Å²) in [5.74, 6) is 0. The molecule has 3 aromatic rings. The quantitative estimate of drug-likeness (QED) is 0.744. The van der Waals surface area contributed by atoms with Crippen LogP contribution < -0.4 is 0 Å². The maximum Gasteiger partial charge on any atom is 0.0967 e. The molecule has 0 radical (unpaired) electrons. The van der Waals surface area contributed by atoms with Crippen LogP contribution in [0, 0.1) is 0 Å². The number of rotatable bonds is 3. The molecule has 0 amide bonds. The predicted molar refractivity (Wildman–Crippen MR) is 91.1 cm³/mol. The lowest BCUT2D eigenvalue weighted by atomic mass is 10.1. The van der Waals surface area contributed by atoms with E-state index in [-0.39, 0.29) is 6.10 Å². The number of hydrogen-bond donors (Lipinski definition) is 0. The molecule has 1 saturated heterocycles. The van der Waals surface area contributed by atoms with Gasteiger partial charge in [-0.05, 0) is 23.6 Å². The maximum absolute atomic E-state index is 5.93. The molecule has 3 heterocycles. The van der Waals surface area contributed by atoms with E-state index in [9.17, 15) is 0 Å². The summed E-state index contributed by atoms with van der Waals surface area (Å²) in [7, 11) is 2.15. The molecule has 1 aliphatic heterocycles. The summed E-state index contributed by atoms with van der Waals surface area (Å²) in [6, 6.07) is 14.9. The van der Waals surface area contributed by atoms with Gasteiger partial charge in [-0.3, -0.25) is 9.88 Å². The van der Waals surface area contributed by atoms with Crippen LogP contribution in [0.4, 0.5) is 0 Å². The number of nitrogens with zero attached hydrogens (tertiary/aromatic N) is 3. The molecule has 0 bridgehead atoms. The first-order valence-electron chi connectivity index (χ1n) is 8.08. The predicted octanol–water partition coefficient (Wildman–Crippen LogP) is 3.15. The first-order chi connectivity index (χ1) is 11.3. The Morgan fingerprint density at radius 3 is 2.96 bits per heavy atom. The second-order valence-corrected chi connectivity index (χ2v) is 6.13. The summed E-state index contributed by atoms with van der Waals surface area (Å²) < 4.78 is 8.23. The van der Waals surface area contributed by atoms with Crippen LogP contribution in [0.25, 0.3) is 10.9 Å². The molecule has 0 spiro atoms. The molecule has 1 unspecified atom stereocenters. The van der Waals surface area contributed by atoms with Crippen LogP contribution in [0.15, 0.2) is 54.9 Å². The number of fused-ring (bicyclic) bond motifs is 1. The van der Waals surface area contributed by atoms with Crippen molar-refractivity contribution in [3.8, 4) is 0 Å². The number of para-hydroxylation sites is 1. The van der Waals surface area contributed by atoms with Crippen LogP contribution in [0.2, 0.25) is 0 Å². The third kappa shape index (κ3) is 2.87. The average molecular weight is 307 g/mol. The van der Waals surface area contributed by atoms with Crippen LogP contribution in [0.1, 0.15) is 17.4 Å². The minimum atomic E-state index is 0.118. The van der Waals surface area contributed by atoms with Gasteiger partial charge in [0.1, 0.15) is 0 Å². The maximum atomic E-state index is 5.93. The third-order valence-corrected chi connectivity index (χ3v) is 4.64. The highest BCUT2D eigenvalue weighted by Gasteiger charge is 2.23. The van der Waals surface area contributed by atoms with E-state index in [1.807, 2.05) is 12.3 Å². The second-order valence-electron chi connectivity index (χ2n) is 6.13. The Hall–Kier alpha value is -2.17. The molecule has 4 heteroatoms. The van der Waals surface area contributed by atoms with Gasteiger partial charge in [0.15, 0.2) is 0 Å². The third-order valence-electron chi connectivity index (χ3n) is 4.64. The van der Waals surface area contributed by atoms with Crippen LogP contribution in [-0.4, -0.2) is 34.1 Å². The molecule has 1 aromatic carbocycles. The van der Waals surface area contributed by atoms with Gasteiger partial charge in [0, 0.05) is 55.8 Å². The highest BCUT2D eigenvalue weighted by Crippen LogP contribution is 2.24. The number of benzene rings is 1. The van der Waals surface area contributed by atoms with Crippen molar-refractivity contribution in [1.82, 2.24) is 14.5 Å². The van der Waals surface area contributed by atoms with Crippen molar-refractivity contribution in [2.24, 2.45) is 7.05 Å². The zero-order valence-electron chi connectivity index (χ0n) is 13.4. The Bertz CT molecular complexity index is 797. The Labute approximate surface area is 136 Å². The van der Waals surface area contributed by atoms with E-state index in [0.29, 0.717) is 0 Å². The first-order valence-corrected chi connectivity index (χ1v) is 8.08. The largest absolute Gasteiger partial charge is 0.371 e. The molecular weight excluding hydrogens is 286 g/mol. The molecule has 4 nitrogen and oxygen atoms in total. The van der Waals surface area contributed by atoms with Gasteiger partial charge in [0.2, 0.25) is 0 Å². The van der Waals surface area contributed by atoms with E-state index in [1.54, 1.807) is 6.20 Å². The molecule has 1 aliphatic rings. The summed E-state index contributed by atoms with van der Waals surface area (Å²) >= 11 is 0. The molecule has 0 N–H and O–H groups in total. The number of pyridine rings is 1. The summed E-state index contributed by atoms with van der Waals surface area (Å²) in [6.07, 6.45) is 3.83. The van der Waals surface area contributed by atoms with Crippen molar-refractivity contribution in [3.05, 3.63) is 66.1 Å². The number of hydrogen-bond acceptors (Lipinski definition) is 3. The van der Waals surface area contributed by atoms with E-state index in [4.69, 9.17) is 4.74 Å². The van der Waals surface area contributed by atoms with Crippen molar-refractivity contribution in [2.75, 3.05) is 19.7 Å². The number of aromatic nitrogens is 2. The van der Waals surface area contributed by atoms with E-state index in [0.717, 1.165) is 31.8 Å². The van der Waals surface area contributed by atoms with Gasteiger partial charge in [-0.15, -0.1) is 0 Å². The van der Waals surface area contributed by atoms with Crippen LogP contribution in [0.5, 0.6) is 0 Å². The second kappa shape index (κ2) is 6.14. The smallest absolute Gasteiger partial charge is 0.0967 e. The van der Waals surface area contributed by atoms with Gasteiger partial charge in [0.05, 0.1) is 12.7 Å². The molecule has 4 rings (SSSR count). The van der Waals surface area contributed by atoms with Crippen molar-refractivity contribution in [1.29, 1.82) is 0 Å². The highest BCUT2D eigenvalue weighted by atomic mass is 16.5. The first kappa shape index (κ1) is 14.4. The molecule has 2 aromatic heterocycles. The number of morpholine rings is 1. The fourth-order valence-electron chi connectivity index (χ4n) is 3.34. The van der Waals surface area contributed by atoms with Crippen molar-refractivity contribution in [2.45, 2.75) is 12.6 Å². The molecule has 1 fully saturated rings. The Kier molecular flexibility index (Phi) is 3.85. The lowest BCUT2D eigenvalue weighted by Crippen LogP contribution is -2.38. The Morgan fingerprint density at radius 1 is 1.22 bits per heavy atom. The van der Waals surface area contributed by atoms with Gasteiger partial charge < -0.3 is 9.30 Å². The Morgan fingerprint density at radius 2 is 2.13 bits per heavy atom. The van der Waals surface area contributed by atoms with Crippen LogP contribution in [0.3, 0.4) is 0 Å². The summed E-state index contributed by atoms with van der Waals surface area (Å²) in [4.78, 5) is 6.68. The fraction of sp³-hybridized carbons (Fsp3) is 0.316. The minimum absolute atomic E-state index is 0.118. The molecule has 23 heavy (non-hydrogen) atoms. The molecule has 0 aliphatic carbocycles. The standard InChI is InChI=1S/C19H21N3O/c1-21-17(11-15-5-2-3-7-18(15)21)13-22-9-10-23-19(14-22)16-6-4-8-20-12-16/h2-8,11-12,19H,9-10,13-14H2,1H3. The van der Waals surface area contributed by atoms with E-state index < -0.39 is 0 Å². The lowest BCUT2D eigenvalue weighted by Gasteiger charge is -2.33. The van der Waals surface area contributed by atoms with Gasteiger partial charge in [-0.2, -0.15) is 0 Å². The van der Waals surface area contributed by atoms with Gasteiger partial charge in [0.25, 0.3) is 0 Å². The van der Waals surface area contributed by atoms with Gasteiger partial charge >= 0.3 is 0 Å². The van der Waals surface area contributed by atoms with E-state index in [2.05, 4.69) is 57.9 Å². The summed E-state index contributed by atoms with van der Waals surface area (Å²) in [6.45, 7) is 3.60. The lowest BCUT2D eigenvalue weighted by molar-refractivity contribution is -0.0336. The van der Waals surface area contributed by atoms with E-state index in [1.165, 1.54) is 16.6 Å². The van der Waals surface area contributed by atoms with Crippen molar-refractivity contribution in [3.63, 3.8) is 0 Å². The zero-order chi connectivity index (χ0) is 15.6. The van der Waals surface area contributed by atoms with Crippen LogP contribution in [-0.2, 0) is 18.3 Å². The van der Waals surface area contributed by atoms with E-state index >= 15 is 0 Å². The fourth-order valence-corrected chi connectivity index (χ4v) is 3.34. The molecule has 0 saturated carbocycles. The zero-order valence-corrected chi connectivity index (χ0v) is 13.4. The molecule has 1 atom stereocenters. The summed E-state index contributed by atoms with van der Waals surface area (Å²) in [5, 5.41) is 1.31. The molecule has 118 valence electrons. The normalized spacial score (nSPS) is 19.3. The number of aryl methyl sites for hydroxylation is 1. The van der Waals surface area contributed by atoms with Crippen molar-refractivity contribution >= 4 is 10.9 Å². The Balaban J connectivity index is 1.53. The van der Waals surface area contributed by atoms with Crippen molar-refractivity contribution < 1.29 is 4.74 Å². The number of ether oxygens (including phenoxy) is 1. The summed E-state index contributed by atoms with van der Waals surface area (Å²) in [5.41, 5.74) is 3.80.